The summed E-state index contributed by atoms with van der Waals surface area (Å²) in [7, 11) is 4.70. The summed E-state index contributed by atoms with van der Waals surface area (Å²) in [4.78, 5) is 0. The fourth-order valence-corrected chi connectivity index (χ4v) is 3.84. The molecule has 0 heterocycles. The van der Waals surface area contributed by atoms with Crippen LogP contribution in [0.25, 0.3) is 11.1 Å². The van der Waals surface area contributed by atoms with Gasteiger partial charge in [0.05, 0.1) is 33.5 Å². The maximum Gasteiger partial charge on any atom is 0.204 e. The molecule has 0 fully saturated rings. The summed E-state index contributed by atoms with van der Waals surface area (Å²) in [6.07, 6.45) is 1.48. The molecule has 6 heteroatoms. The molecule has 6 nitrogen and oxygen atoms in total. The highest BCUT2D eigenvalue weighted by Gasteiger charge is 2.24. The van der Waals surface area contributed by atoms with Crippen LogP contribution in [0, 0.1) is 0 Å². The van der Waals surface area contributed by atoms with Gasteiger partial charge in [-0.2, -0.15) is 0 Å². The third kappa shape index (κ3) is 3.88. The highest BCUT2D eigenvalue weighted by atomic mass is 16.5. The molecule has 0 saturated carbocycles. The molecule has 3 rings (SSSR count). The van der Waals surface area contributed by atoms with Gasteiger partial charge >= 0.3 is 0 Å². The van der Waals surface area contributed by atoms with Crippen LogP contribution >= 0.6 is 0 Å². The van der Waals surface area contributed by atoms with Crippen molar-refractivity contribution >= 4 is 0 Å². The molecule has 0 radical (unpaired) electrons. The van der Waals surface area contributed by atoms with Crippen LogP contribution in [0.1, 0.15) is 30.4 Å². The number of aliphatic hydroxyl groups excluding tert-OH is 2. The number of aryl methyl sites for hydroxylation is 1. The molecular formula is C22H28O6. The monoisotopic (exact) mass is 388 g/mol. The first-order valence-electron chi connectivity index (χ1n) is 9.50. The van der Waals surface area contributed by atoms with Crippen molar-refractivity contribution in [1.29, 1.82) is 0 Å². The van der Waals surface area contributed by atoms with Crippen LogP contribution in [0.4, 0.5) is 0 Å². The van der Waals surface area contributed by atoms with Gasteiger partial charge in [-0.1, -0.05) is 12.5 Å². The summed E-state index contributed by atoms with van der Waals surface area (Å²) in [5.41, 5.74) is 3.03. The Balaban J connectivity index is 2.25. The quantitative estimate of drug-likeness (QED) is 0.749. The second-order valence-corrected chi connectivity index (χ2v) is 7.12. The minimum Gasteiger partial charge on any atom is -0.507 e. The van der Waals surface area contributed by atoms with Crippen molar-refractivity contribution < 1.29 is 29.5 Å². The number of phenolic OH excluding ortho intramolecular Hbond substituents is 1. The van der Waals surface area contributed by atoms with Gasteiger partial charge in [0.25, 0.3) is 0 Å². The molecule has 1 aliphatic carbocycles. The summed E-state index contributed by atoms with van der Waals surface area (Å²) in [6.45, 7) is 0. The third-order valence-electron chi connectivity index (χ3n) is 5.32. The maximum atomic E-state index is 10.5. The van der Waals surface area contributed by atoms with Gasteiger partial charge in [-0.05, 0) is 48.6 Å². The summed E-state index contributed by atoms with van der Waals surface area (Å²) in [5.74, 6) is 1.67. The first kappa shape index (κ1) is 20.3. The van der Waals surface area contributed by atoms with Crippen molar-refractivity contribution in [3.05, 3.63) is 35.4 Å². The largest absolute Gasteiger partial charge is 0.507 e. The number of hydrogen-bond donors (Lipinski definition) is 3. The molecule has 152 valence electrons. The number of rotatable bonds is 3. The van der Waals surface area contributed by atoms with Crippen LogP contribution in [-0.4, -0.2) is 48.9 Å². The molecule has 0 aromatic heterocycles. The molecule has 0 spiro atoms. The number of aromatic hydroxyl groups is 1. The Morgan fingerprint density at radius 3 is 2.21 bits per heavy atom. The Labute approximate surface area is 165 Å². The molecule has 2 aromatic carbocycles. The lowest BCUT2D eigenvalue weighted by molar-refractivity contribution is 0.0138. The van der Waals surface area contributed by atoms with Gasteiger partial charge in [0.2, 0.25) is 5.75 Å². The second-order valence-electron chi connectivity index (χ2n) is 7.12. The first-order valence-corrected chi connectivity index (χ1v) is 9.50. The van der Waals surface area contributed by atoms with Crippen molar-refractivity contribution in [2.75, 3.05) is 21.3 Å². The molecule has 4 bridgehead atoms. The minimum absolute atomic E-state index is 0.102. The van der Waals surface area contributed by atoms with Crippen molar-refractivity contribution in [2.24, 2.45) is 0 Å². The topological polar surface area (TPSA) is 88.4 Å². The molecule has 3 N–H and O–H groups in total. The lowest BCUT2D eigenvalue weighted by Crippen LogP contribution is -2.27. The molecule has 0 aliphatic heterocycles. The van der Waals surface area contributed by atoms with Gasteiger partial charge in [0.1, 0.15) is 5.75 Å². The van der Waals surface area contributed by atoms with Crippen LogP contribution in [0.15, 0.2) is 24.3 Å². The van der Waals surface area contributed by atoms with E-state index in [4.69, 9.17) is 14.2 Å². The van der Waals surface area contributed by atoms with E-state index < -0.39 is 12.2 Å². The molecule has 2 atom stereocenters. The minimum atomic E-state index is -0.854. The van der Waals surface area contributed by atoms with Crippen molar-refractivity contribution in [2.45, 2.75) is 44.3 Å². The number of ether oxygens (including phenoxy) is 3. The molecule has 1 unspecified atom stereocenters. The predicted molar refractivity (Wildman–Crippen MR) is 106 cm³/mol. The van der Waals surface area contributed by atoms with E-state index in [9.17, 15) is 15.3 Å². The van der Waals surface area contributed by atoms with Crippen LogP contribution in [0.5, 0.6) is 23.0 Å². The highest BCUT2D eigenvalue weighted by molar-refractivity contribution is 5.81. The van der Waals surface area contributed by atoms with Crippen LogP contribution < -0.4 is 14.2 Å². The fourth-order valence-electron chi connectivity index (χ4n) is 3.84. The highest BCUT2D eigenvalue weighted by Crippen LogP contribution is 2.49. The molecule has 0 amide bonds. The lowest BCUT2D eigenvalue weighted by Gasteiger charge is -2.20. The van der Waals surface area contributed by atoms with Gasteiger partial charge in [0, 0.05) is 17.5 Å². The van der Waals surface area contributed by atoms with Gasteiger partial charge < -0.3 is 29.5 Å². The average Bonchev–Trinajstić information content (AvgIpc) is 2.70. The van der Waals surface area contributed by atoms with E-state index in [0.717, 1.165) is 24.0 Å². The molecule has 2 aromatic rings. The van der Waals surface area contributed by atoms with E-state index in [1.165, 1.54) is 0 Å². The standard InChI is InChI=1S/C22H28O6/c1-26-20-14-6-4-5-7-18(24)19(25)11-13-8-9-17(23)15(10-13)16(12-14)21(27-2)22(20)28-3/h8-10,12,18-19,23-25H,4-7,11H2,1-3H3/t18-,19?/m0/s1. The average molecular weight is 388 g/mol. The number of fused-ring (bicyclic) bond motifs is 5. The maximum absolute atomic E-state index is 10.5. The Hall–Kier alpha value is -2.44. The van der Waals surface area contributed by atoms with Gasteiger partial charge in [0.15, 0.2) is 11.5 Å². The summed E-state index contributed by atoms with van der Waals surface area (Å²) in [5, 5.41) is 31.2. The zero-order valence-corrected chi connectivity index (χ0v) is 16.6. The van der Waals surface area contributed by atoms with E-state index in [2.05, 4.69) is 0 Å². The smallest absolute Gasteiger partial charge is 0.204 e. The number of methoxy groups -OCH3 is 3. The van der Waals surface area contributed by atoms with E-state index in [-0.39, 0.29) is 5.75 Å². The molecule has 1 aliphatic rings. The lowest BCUT2D eigenvalue weighted by atomic mass is 9.95. The number of phenols is 1. The number of benzene rings is 2. The van der Waals surface area contributed by atoms with E-state index in [0.29, 0.717) is 47.6 Å². The number of aliphatic hydroxyl groups is 2. The molecular weight excluding hydrogens is 360 g/mol. The van der Waals surface area contributed by atoms with Crippen LogP contribution in [0.2, 0.25) is 0 Å². The Kier molecular flexibility index (Phi) is 6.31. The van der Waals surface area contributed by atoms with Gasteiger partial charge in [-0.25, -0.2) is 0 Å². The SMILES string of the molecule is COc1c2cc(c(OC)c1OC)-c1cc(ccc1O)CC(O)[C@@H](O)CCCC2. The zero-order valence-electron chi connectivity index (χ0n) is 16.6. The first-order chi connectivity index (χ1) is 13.5. The summed E-state index contributed by atoms with van der Waals surface area (Å²) >= 11 is 0. The Bertz CT molecular complexity index is 832. The van der Waals surface area contributed by atoms with Crippen LogP contribution in [-0.2, 0) is 12.8 Å². The molecule has 28 heavy (non-hydrogen) atoms. The fraction of sp³-hybridized carbons (Fsp3) is 0.455. The van der Waals surface area contributed by atoms with Crippen molar-refractivity contribution in [3.8, 4) is 34.1 Å². The summed E-state index contributed by atoms with van der Waals surface area (Å²) < 4.78 is 16.8. The summed E-state index contributed by atoms with van der Waals surface area (Å²) in [6, 6.07) is 7.13. The van der Waals surface area contributed by atoms with E-state index in [1.807, 2.05) is 12.1 Å². The van der Waals surface area contributed by atoms with E-state index in [1.54, 1.807) is 33.5 Å². The molecule has 0 saturated heterocycles. The third-order valence-corrected chi connectivity index (χ3v) is 5.32. The number of hydrogen-bond acceptors (Lipinski definition) is 6. The second kappa shape index (κ2) is 8.71. The van der Waals surface area contributed by atoms with Crippen LogP contribution in [0.3, 0.4) is 0 Å². The van der Waals surface area contributed by atoms with Gasteiger partial charge in [-0.3, -0.25) is 0 Å². The van der Waals surface area contributed by atoms with Crippen molar-refractivity contribution in [1.82, 2.24) is 0 Å². The Morgan fingerprint density at radius 2 is 1.54 bits per heavy atom. The van der Waals surface area contributed by atoms with Crippen molar-refractivity contribution in [3.63, 3.8) is 0 Å². The normalized spacial score (nSPS) is 19.8. The zero-order chi connectivity index (χ0) is 20.3. The van der Waals surface area contributed by atoms with E-state index >= 15 is 0 Å². The predicted octanol–water partition coefficient (Wildman–Crippen LogP) is 3.08. The Morgan fingerprint density at radius 1 is 0.821 bits per heavy atom. The van der Waals surface area contributed by atoms with Gasteiger partial charge in [-0.15, -0.1) is 0 Å².